The van der Waals surface area contributed by atoms with Gasteiger partial charge in [0.1, 0.15) is 6.04 Å². The van der Waals surface area contributed by atoms with Gasteiger partial charge in [0.25, 0.3) is 0 Å². The molecule has 1 atom stereocenters. The van der Waals surface area contributed by atoms with Crippen molar-refractivity contribution in [1.82, 2.24) is 19.9 Å². The molecule has 7 nitrogen and oxygen atoms in total. The molecule has 1 aliphatic carbocycles. The fraction of sp³-hybridized carbons (Fsp3) is 0.765. The van der Waals surface area contributed by atoms with Gasteiger partial charge in [0, 0.05) is 31.5 Å². The summed E-state index contributed by atoms with van der Waals surface area (Å²) in [6.07, 6.45) is 5.41. The highest BCUT2D eigenvalue weighted by atomic mass is 16.5. The van der Waals surface area contributed by atoms with Gasteiger partial charge in [-0.3, -0.25) is 9.59 Å². The molecule has 3 fully saturated rings. The van der Waals surface area contributed by atoms with E-state index in [2.05, 4.69) is 10.1 Å². The summed E-state index contributed by atoms with van der Waals surface area (Å²) in [6, 6.07) is -0.236. The molecule has 1 aromatic rings. The first kappa shape index (κ1) is 15.6. The number of nitrogens with zero attached hydrogens (tertiary/aromatic N) is 4. The summed E-state index contributed by atoms with van der Waals surface area (Å²) in [5.41, 5.74) is 0. The van der Waals surface area contributed by atoms with Crippen molar-refractivity contribution in [1.29, 1.82) is 0 Å². The Hall–Kier alpha value is -1.92. The number of carbonyl (C=O) groups is 2. The van der Waals surface area contributed by atoms with Crippen LogP contribution < -0.4 is 0 Å². The second kappa shape index (κ2) is 6.18. The quantitative estimate of drug-likeness (QED) is 0.838. The molecular weight excluding hydrogens is 308 g/mol. The van der Waals surface area contributed by atoms with E-state index >= 15 is 0 Å². The molecule has 3 aliphatic rings. The predicted octanol–water partition coefficient (Wildman–Crippen LogP) is 1.49. The Morgan fingerprint density at radius 3 is 2.42 bits per heavy atom. The van der Waals surface area contributed by atoms with Gasteiger partial charge >= 0.3 is 0 Å². The zero-order chi connectivity index (χ0) is 16.7. The Morgan fingerprint density at radius 2 is 1.79 bits per heavy atom. The van der Waals surface area contributed by atoms with Crippen molar-refractivity contribution in [2.24, 2.45) is 5.92 Å². The highest BCUT2D eigenvalue weighted by Gasteiger charge is 2.42. The fourth-order valence-electron chi connectivity index (χ4n) is 3.89. The lowest BCUT2D eigenvalue weighted by molar-refractivity contribution is -0.145. The normalized spacial score (nSPS) is 25.3. The molecule has 0 radical (unpaired) electrons. The van der Waals surface area contributed by atoms with Crippen LogP contribution in [0, 0.1) is 12.8 Å². The topological polar surface area (TPSA) is 79.5 Å². The number of hydrogen-bond donors (Lipinski definition) is 0. The van der Waals surface area contributed by atoms with E-state index in [1.54, 1.807) is 0 Å². The Balaban J connectivity index is 1.36. The molecule has 0 unspecified atom stereocenters. The number of hydrogen-bond acceptors (Lipinski definition) is 5. The largest absolute Gasteiger partial charge is 0.341 e. The first-order valence-corrected chi connectivity index (χ1v) is 9.03. The first-order valence-electron chi connectivity index (χ1n) is 9.03. The molecular formula is C17H24N4O3. The summed E-state index contributed by atoms with van der Waals surface area (Å²) < 4.78 is 5.26. The monoisotopic (exact) mass is 332 g/mol. The third kappa shape index (κ3) is 2.91. The van der Waals surface area contributed by atoms with Crippen LogP contribution in [0.1, 0.15) is 56.2 Å². The average molecular weight is 332 g/mol. The SMILES string of the molecule is Cc1noc(C2CCN(C(=O)[C@H]3CCCN3C(=O)C3CC3)CC2)n1. The summed E-state index contributed by atoms with van der Waals surface area (Å²) >= 11 is 0. The smallest absolute Gasteiger partial charge is 0.245 e. The minimum absolute atomic E-state index is 0.127. The van der Waals surface area contributed by atoms with Crippen molar-refractivity contribution in [3.05, 3.63) is 11.7 Å². The van der Waals surface area contributed by atoms with E-state index in [0.717, 1.165) is 45.1 Å². The molecule has 0 aromatic carbocycles. The summed E-state index contributed by atoms with van der Waals surface area (Å²) in [7, 11) is 0. The third-order valence-corrected chi connectivity index (χ3v) is 5.45. The van der Waals surface area contributed by atoms with Crippen molar-refractivity contribution in [2.45, 2.75) is 57.4 Å². The van der Waals surface area contributed by atoms with Crippen molar-refractivity contribution >= 4 is 11.8 Å². The maximum atomic E-state index is 12.9. The first-order chi connectivity index (χ1) is 11.6. The molecule has 2 saturated heterocycles. The Bertz CT molecular complexity index is 632. The van der Waals surface area contributed by atoms with E-state index in [9.17, 15) is 9.59 Å². The lowest BCUT2D eigenvalue weighted by Gasteiger charge is -2.34. The minimum Gasteiger partial charge on any atom is -0.341 e. The number of carbonyl (C=O) groups excluding carboxylic acids is 2. The molecule has 2 amide bonds. The fourth-order valence-corrected chi connectivity index (χ4v) is 3.89. The lowest BCUT2D eigenvalue weighted by Crippen LogP contribution is -2.50. The molecule has 1 saturated carbocycles. The maximum absolute atomic E-state index is 12.9. The van der Waals surface area contributed by atoms with Crippen molar-refractivity contribution in [2.75, 3.05) is 19.6 Å². The highest BCUT2D eigenvalue weighted by molar-refractivity contribution is 5.90. The van der Waals surface area contributed by atoms with Crippen LogP contribution >= 0.6 is 0 Å². The number of rotatable bonds is 3. The Labute approximate surface area is 141 Å². The molecule has 130 valence electrons. The number of likely N-dealkylation sites (tertiary alicyclic amines) is 2. The van der Waals surface area contributed by atoms with Gasteiger partial charge < -0.3 is 14.3 Å². The average Bonchev–Trinajstić information content (AvgIpc) is 3.17. The molecule has 24 heavy (non-hydrogen) atoms. The van der Waals surface area contributed by atoms with Crippen LogP contribution in [0.25, 0.3) is 0 Å². The van der Waals surface area contributed by atoms with Crippen molar-refractivity contribution in [3.63, 3.8) is 0 Å². The standard InChI is InChI=1S/C17H24N4O3/c1-11-18-15(24-19-11)12-6-9-20(10-7-12)17(23)14-3-2-8-21(14)16(22)13-4-5-13/h12-14H,2-10H2,1H3/t14-/m1/s1. The van der Waals surface area contributed by atoms with Crippen LogP contribution in [0.4, 0.5) is 0 Å². The molecule has 4 rings (SSSR count). The van der Waals surface area contributed by atoms with Gasteiger partial charge in [-0.25, -0.2) is 0 Å². The van der Waals surface area contributed by atoms with E-state index < -0.39 is 0 Å². The van der Waals surface area contributed by atoms with Gasteiger partial charge in [-0.1, -0.05) is 5.16 Å². The second-order valence-corrected chi connectivity index (χ2v) is 7.24. The van der Waals surface area contributed by atoms with E-state index in [1.807, 2.05) is 16.7 Å². The third-order valence-electron chi connectivity index (χ3n) is 5.45. The predicted molar refractivity (Wildman–Crippen MR) is 85.0 cm³/mol. The lowest BCUT2D eigenvalue weighted by atomic mass is 9.96. The zero-order valence-electron chi connectivity index (χ0n) is 14.1. The molecule has 0 bridgehead atoms. The van der Waals surface area contributed by atoms with Gasteiger partial charge in [-0.15, -0.1) is 0 Å². The number of aryl methyl sites for hydroxylation is 1. The van der Waals surface area contributed by atoms with Crippen LogP contribution in [-0.4, -0.2) is 57.4 Å². The second-order valence-electron chi connectivity index (χ2n) is 7.24. The summed E-state index contributed by atoms with van der Waals surface area (Å²) in [6.45, 7) is 3.96. The number of aromatic nitrogens is 2. The van der Waals surface area contributed by atoms with E-state index in [0.29, 0.717) is 24.8 Å². The molecule has 0 spiro atoms. The Morgan fingerprint density at radius 1 is 1.04 bits per heavy atom. The highest BCUT2D eigenvalue weighted by Crippen LogP contribution is 2.34. The number of amides is 2. The molecule has 1 aromatic heterocycles. The number of piperidine rings is 1. The van der Waals surface area contributed by atoms with Crippen LogP contribution in [0.2, 0.25) is 0 Å². The van der Waals surface area contributed by atoms with E-state index in [-0.39, 0.29) is 29.7 Å². The van der Waals surface area contributed by atoms with E-state index in [4.69, 9.17) is 4.52 Å². The summed E-state index contributed by atoms with van der Waals surface area (Å²) in [5.74, 6) is 2.09. The van der Waals surface area contributed by atoms with Gasteiger partial charge in [-0.2, -0.15) is 4.98 Å². The van der Waals surface area contributed by atoms with Gasteiger partial charge in [0.2, 0.25) is 17.7 Å². The van der Waals surface area contributed by atoms with Crippen LogP contribution in [0.15, 0.2) is 4.52 Å². The minimum atomic E-state index is -0.236. The van der Waals surface area contributed by atoms with Gasteiger partial charge in [0.05, 0.1) is 0 Å². The summed E-state index contributed by atoms with van der Waals surface area (Å²) in [4.78, 5) is 33.3. The molecule has 2 aliphatic heterocycles. The van der Waals surface area contributed by atoms with Crippen molar-refractivity contribution < 1.29 is 14.1 Å². The Kier molecular flexibility index (Phi) is 4.02. The molecule has 0 N–H and O–H groups in total. The van der Waals surface area contributed by atoms with Crippen LogP contribution in [0.5, 0.6) is 0 Å². The van der Waals surface area contributed by atoms with Crippen LogP contribution in [0.3, 0.4) is 0 Å². The molecule has 3 heterocycles. The van der Waals surface area contributed by atoms with E-state index in [1.165, 1.54) is 0 Å². The summed E-state index contributed by atoms with van der Waals surface area (Å²) in [5, 5.41) is 3.85. The van der Waals surface area contributed by atoms with Crippen LogP contribution in [-0.2, 0) is 9.59 Å². The zero-order valence-corrected chi connectivity index (χ0v) is 14.1. The van der Waals surface area contributed by atoms with Crippen molar-refractivity contribution in [3.8, 4) is 0 Å². The molecule has 7 heteroatoms. The van der Waals surface area contributed by atoms with Gasteiger partial charge in [0.15, 0.2) is 5.82 Å². The maximum Gasteiger partial charge on any atom is 0.245 e. The van der Waals surface area contributed by atoms with Gasteiger partial charge in [-0.05, 0) is 45.4 Å².